The van der Waals surface area contributed by atoms with Gasteiger partial charge >= 0.3 is 0 Å². The molecule has 0 amide bonds. The van der Waals surface area contributed by atoms with Crippen LogP contribution in [0.25, 0.3) is 5.57 Å². The van der Waals surface area contributed by atoms with Gasteiger partial charge in [0.2, 0.25) is 15.4 Å². The fourth-order valence-corrected chi connectivity index (χ4v) is 15.0. The SMILES string of the molecule is O=S(=O)(O)c1cc(S(=O)(=O)NCc2cccc(C[C@H]3CSCS3)c2)ccc1C1=c2cc3c4c(c2Cc2c1cc1c5c2CCCN5CCC1)CCC[N+]=4CCC3. The summed E-state index contributed by atoms with van der Waals surface area (Å²) < 4.78 is 70.9. The van der Waals surface area contributed by atoms with E-state index in [0.29, 0.717) is 10.8 Å². The van der Waals surface area contributed by atoms with Crippen LogP contribution in [0.5, 0.6) is 0 Å². The van der Waals surface area contributed by atoms with Crippen LogP contribution in [0.4, 0.5) is 5.69 Å². The summed E-state index contributed by atoms with van der Waals surface area (Å²) in [6.45, 7) is 4.29. The van der Waals surface area contributed by atoms with Gasteiger partial charge in [0.1, 0.15) is 18.0 Å². The van der Waals surface area contributed by atoms with Crippen molar-refractivity contribution < 1.29 is 21.4 Å². The number of rotatable bonds is 8. The predicted molar refractivity (Wildman–Crippen MR) is 222 cm³/mol. The average Bonchev–Trinajstić information content (AvgIpc) is 3.70. The first kappa shape index (κ1) is 36.2. The highest BCUT2D eigenvalue weighted by Gasteiger charge is 2.36. The second kappa shape index (κ2) is 14.1. The Morgan fingerprint density at radius 2 is 1.58 bits per heavy atom. The number of fused-ring (bicyclic) bond motifs is 4. The molecule has 4 aromatic rings. The van der Waals surface area contributed by atoms with E-state index in [2.05, 4.69) is 32.4 Å². The molecule has 0 radical (unpaired) electrons. The second-order valence-electron chi connectivity index (χ2n) is 16.0. The first-order chi connectivity index (χ1) is 26.6. The maximum atomic E-state index is 13.9. The van der Waals surface area contributed by atoms with E-state index < -0.39 is 20.1 Å². The molecule has 0 bridgehead atoms. The largest absolute Gasteiger partial charge is 0.371 e. The zero-order valence-corrected chi connectivity index (χ0v) is 34.2. The lowest BCUT2D eigenvalue weighted by Crippen LogP contribution is -2.46. The summed E-state index contributed by atoms with van der Waals surface area (Å²) in [7, 11) is -8.99. The molecule has 0 aromatic heterocycles. The Labute approximate surface area is 332 Å². The third-order valence-corrected chi connectivity index (χ3v) is 17.8. The predicted octanol–water partition coefficient (Wildman–Crippen LogP) is 4.99. The number of hydrogen-bond donors (Lipinski definition) is 2. The fourth-order valence-electron chi connectivity index (χ4n) is 10.3. The minimum Gasteiger partial charge on any atom is -0.371 e. The van der Waals surface area contributed by atoms with Crippen LogP contribution in [0.1, 0.15) is 81.3 Å². The van der Waals surface area contributed by atoms with Crippen molar-refractivity contribution in [3.8, 4) is 0 Å². The lowest BCUT2D eigenvalue weighted by atomic mass is 9.74. The zero-order valence-electron chi connectivity index (χ0n) is 30.9. The second-order valence-corrected chi connectivity index (χ2v) is 21.8. The topological polar surface area (TPSA) is 107 Å². The van der Waals surface area contributed by atoms with Crippen LogP contribution in [0, 0.1) is 0 Å². The molecule has 0 unspecified atom stereocenters. The summed E-state index contributed by atoms with van der Waals surface area (Å²) in [6, 6.07) is 16.9. The van der Waals surface area contributed by atoms with Crippen LogP contribution in [-0.4, -0.2) is 63.7 Å². The molecule has 4 aromatic carbocycles. The standard InChI is InChI=1S/C43H45N3O5S4/c47-54(48,44-24-28-7-1-6-27(18-28)19-31-25-52-26-53-31)32-12-13-35(40(22-32)55(49,50)51)41-38-20-29-8-2-14-45-16-4-10-33(42(29)45)36(38)23-37-34-11-5-17-46-15-3-9-30(43(34)46)21-39(37)41/h1,6-7,12-13,18,20-22,31,44H,2-5,8-11,14-17,19,23-26H2/p+1/t31-/m0/s1. The van der Waals surface area contributed by atoms with E-state index in [1.165, 1.54) is 56.1 Å². The van der Waals surface area contributed by atoms with Crippen LogP contribution in [0.3, 0.4) is 0 Å². The van der Waals surface area contributed by atoms with Crippen LogP contribution in [0.15, 0.2) is 64.4 Å². The highest BCUT2D eigenvalue weighted by Crippen LogP contribution is 2.44. The molecular weight excluding hydrogens is 767 g/mol. The van der Waals surface area contributed by atoms with E-state index in [1.54, 1.807) is 6.07 Å². The first-order valence-corrected chi connectivity index (χ1v) is 24.9. The number of nitrogens with zero attached hydrogens (tertiary/aromatic N) is 2. The Kier molecular flexibility index (Phi) is 9.26. The molecule has 10 rings (SSSR count). The van der Waals surface area contributed by atoms with Gasteiger partial charge in [0.25, 0.3) is 10.1 Å². The van der Waals surface area contributed by atoms with E-state index >= 15 is 0 Å². The van der Waals surface area contributed by atoms with Crippen molar-refractivity contribution in [1.29, 1.82) is 0 Å². The number of hydrogen-bond acceptors (Lipinski definition) is 7. The van der Waals surface area contributed by atoms with Gasteiger partial charge in [0.05, 0.1) is 4.90 Å². The molecule has 5 heterocycles. The molecule has 5 aliphatic heterocycles. The number of benzene rings is 4. The normalized spacial score (nSPS) is 20.2. The summed E-state index contributed by atoms with van der Waals surface area (Å²) in [5.74, 6) is 1.12. The van der Waals surface area contributed by atoms with Crippen molar-refractivity contribution in [2.24, 2.45) is 0 Å². The molecule has 2 N–H and O–H groups in total. The van der Waals surface area contributed by atoms with Gasteiger partial charge in [0, 0.05) is 70.9 Å². The molecule has 55 heavy (non-hydrogen) atoms. The lowest BCUT2D eigenvalue weighted by molar-refractivity contribution is 0.478. The molecule has 1 aliphatic carbocycles. The molecule has 6 aliphatic rings. The number of sulfonamides is 1. The first-order valence-electron chi connectivity index (χ1n) is 19.7. The maximum Gasteiger partial charge on any atom is 0.295 e. The minimum atomic E-state index is -4.85. The highest BCUT2D eigenvalue weighted by atomic mass is 32.2. The third-order valence-electron chi connectivity index (χ3n) is 12.6. The van der Waals surface area contributed by atoms with Gasteiger partial charge in [-0.25, -0.2) is 17.7 Å². The smallest absolute Gasteiger partial charge is 0.295 e. The van der Waals surface area contributed by atoms with Crippen molar-refractivity contribution in [2.75, 3.05) is 41.9 Å². The third kappa shape index (κ3) is 6.49. The fraction of sp³-hybridized carbons (Fsp3) is 0.419. The Balaban J connectivity index is 1.12. The van der Waals surface area contributed by atoms with Crippen LogP contribution >= 0.6 is 23.5 Å². The Hall–Kier alpha value is -3.13. The minimum absolute atomic E-state index is 0.0691. The van der Waals surface area contributed by atoms with Crippen LogP contribution < -0.4 is 24.8 Å². The van der Waals surface area contributed by atoms with Crippen molar-refractivity contribution in [3.05, 3.63) is 121 Å². The van der Waals surface area contributed by atoms with Crippen molar-refractivity contribution in [2.45, 2.75) is 85.8 Å². The van der Waals surface area contributed by atoms with Crippen molar-refractivity contribution >= 4 is 54.9 Å². The van der Waals surface area contributed by atoms with Crippen molar-refractivity contribution in [1.82, 2.24) is 9.30 Å². The van der Waals surface area contributed by atoms with Gasteiger partial charge in [-0.2, -0.15) is 8.42 Å². The molecule has 1 fully saturated rings. The lowest BCUT2D eigenvalue weighted by Gasteiger charge is -2.40. The summed E-state index contributed by atoms with van der Waals surface area (Å²) >= 11 is 3.91. The summed E-state index contributed by atoms with van der Waals surface area (Å²) in [5, 5.41) is 4.06. The summed E-state index contributed by atoms with van der Waals surface area (Å²) in [4.78, 5) is 1.98. The van der Waals surface area contributed by atoms with E-state index in [0.717, 1.165) is 129 Å². The van der Waals surface area contributed by atoms with Gasteiger partial charge in [-0.1, -0.05) is 30.3 Å². The zero-order chi connectivity index (χ0) is 37.5. The van der Waals surface area contributed by atoms with Crippen LogP contribution in [0.2, 0.25) is 0 Å². The monoisotopic (exact) mass is 812 g/mol. The van der Waals surface area contributed by atoms with Gasteiger partial charge in [0.15, 0.2) is 0 Å². The molecule has 8 nitrogen and oxygen atoms in total. The van der Waals surface area contributed by atoms with Gasteiger partial charge < -0.3 is 4.90 Å². The molecule has 1 saturated heterocycles. The summed E-state index contributed by atoms with van der Waals surface area (Å²) in [6.07, 6.45) is 9.92. The highest BCUT2D eigenvalue weighted by molar-refractivity contribution is 8.19. The number of thioether (sulfide) groups is 2. The Bertz CT molecular complexity index is 2630. The Morgan fingerprint density at radius 1 is 0.800 bits per heavy atom. The maximum absolute atomic E-state index is 13.9. The van der Waals surface area contributed by atoms with E-state index in [4.69, 9.17) is 0 Å². The van der Waals surface area contributed by atoms with E-state index in [1.807, 2.05) is 41.7 Å². The molecule has 0 spiro atoms. The van der Waals surface area contributed by atoms with Gasteiger partial charge in [-0.15, -0.1) is 23.5 Å². The van der Waals surface area contributed by atoms with E-state index in [9.17, 15) is 21.4 Å². The molecule has 1 atom stereocenters. The average molecular weight is 813 g/mol. The summed E-state index contributed by atoms with van der Waals surface area (Å²) in [5.41, 5.74) is 13.4. The van der Waals surface area contributed by atoms with E-state index in [-0.39, 0.29) is 16.3 Å². The molecular formula is C43H46N3O5S4+. The van der Waals surface area contributed by atoms with Crippen molar-refractivity contribution in [3.63, 3.8) is 0 Å². The number of anilines is 1. The number of nitrogens with one attached hydrogen (secondary N) is 1. The molecule has 0 saturated carbocycles. The Morgan fingerprint density at radius 3 is 2.40 bits per heavy atom. The number of aryl methyl sites for hydroxylation is 2. The molecule has 286 valence electrons. The van der Waals surface area contributed by atoms with Gasteiger partial charge in [-0.3, -0.25) is 4.55 Å². The van der Waals surface area contributed by atoms with Gasteiger partial charge in [-0.05, 0) is 125 Å². The van der Waals surface area contributed by atoms with Crippen LogP contribution in [-0.2, 0) is 65.2 Å². The molecule has 12 heteroatoms. The quantitative estimate of drug-likeness (QED) is 0.167.